The Morgan fingerprint density at radius 1 is 1.29 bits per heavy atom. The van der Waals surface area contributed by atoms with E-state index in [1.807, 2.05) is 0 Å². The number of hydrogen-bond donors (Lipinski definition) is 1. The lowest BCUT2D eigenvalue weighted by Gasteiger charge is -2.11. The molecule has 0 saturated carbocycles. The summed E-state index contributed by atoms with van der Waals surface area (Å²) < 4.78 is 0. The molecule has 1 unspecified atom stereocenters. The van der Waals surface area contributed by atoms with E-state index in [0.29, 0.717) is 0 Å². The van der Waals surface area contributed by atoms with Crippen molar-refractivity contribution < 1.29 is 5.11 Å². The van der Waals surface area contributed by atoms with Crippen molar-refractivity contribution >= 4 is 0 Å². The molecular formula is C13H24O. The molecule has 0 spiro atoms. The van der Waals surface area contributed by atoms with E-state index in [1.165, 1.54) is 50.5 Å². The zero-order valence-corrected chi connectivity index (χ0v) is 9.47. The zero-order valence-electron chi connectivity index (χ0n) is 9.47. The fourth-order valence-corrected chi connectivity index (χ4v) is 2.12. The van der Waals surface area contributed by atoms with Gasteiger partial charge in [-0.1, -0.05) is 45.1 Å². The maximum absolute atomic E-state index is 9.84. The minimum Gasteiger partial charge on any atom is -0.389 e. The van der Waals surface area contributed by atoms with Crippen molar-refractivity contribution in [3.05, 3.63) is 11.6 Å². The molecule has 1 atom stereocenters. The lowest BCUT2D eigenvalue weighted by atomic mass is 10.0. The second-order valence-corrected chi connectivity index (χ2v) is 4.39. The number of aliphatic hydroxyl groups excluding tert-OH is 1. The van der Waals surface area contributed by atoms with Crippen molar-refractivity contribution in [2.24, 2.45) is 0 Å². The maximum atomic E-state index is 9.84. The normalized spacial score (nSPS) is 18.3. The van der Waals surface area contributed by atoms with Gasteiger partial charge < -0.3 is 5.11 Å². The van der Waals surface area contributed by atoms with Gasteiger partial charge in [0.25, 0.3) is 0 Å². The Balaban J connectivity index is 2.00. The molecule has 0 radical (unpaired) electrons. The summed E-state index contributed by atoms with van der Waals surface area (Å²) in [4.78, 5) is 0. The molecule has 0 aromatic rings. The van der Waals surface area contributed by atoms with Crippen LogP contribution in [0.3, 0.4) is 0 Å². The monoisotopic (exact) mass is 196 g/mol. The molecule has 1 aliphatic rings. The Morgan fingerprint density at radius 2 is 2.07 bits per heavy atom. The third-order valence-electron chi connectivity index (χ3n) is 3.09. The minimum absolute atomic E-state index is 0.126. The quantitative estimate of drug-likeness (QED) is 0.485. The molecule has 0 heterocycles. The van der Waals surface area contributed by atoms with Gasteiger partial charge in [-0.25, -0.2) is 0 Å². The predicted octanol–water partition coefficient (Wildman–Crippen LogP) is 3.82. The van der Waals surface area contributed by atoms with Crippen molar-refractivity contribution in [1.82, 2.24) is 0 Å². The Kier molecular flexibility index (Phi) is 5.93. The van der Waals surface area contributed by atoms with Gasteiger partial charge >= 0.3 is 0 Å². The van der Waals surface area contributed by atoms with Crippen LogP contribution in [0.4, 0.5) is 0 Å². The molecule has 1 nitrogen and oxygen atoms in total. The average molecular weight is 196 g/mol. The van der Waals surface area contributed by atoms with Gasteiger partial charge in [0.2, 0.25) is 0 Å². The molecular weight excluding hydrogens is 172 g/mol. The number of hydrogen-bond acceptors (Lipinski definition) is 1. The van der Waals surface area contributed by atoms with Crippen LogP contribution < -0.4 is 0 Å². The van der Waals surface area contributed by atoms with Crippen molar-refractivity contribution in [1.29, 1.82) is 0 Å². The smallest absolute Gasteiger partial charge is 0.0750 e. The Hall–Kier alpha value is -0.300. The number of aliphatic hydroxyl groups is 1. The maximum Gasteiger partial charge on any atom is 0.0750 e. The molecule has 82 valence electrons. The van der Waals surface area contributed by atoms with Gasteiger partial charge in [-0.3, -0.25) is 0 Å². The van der Waals surface area contributed by atoms with Crippen LogP contribution in [-0.2, 0) is 0 Å². The van der Waals surface area contributed by atoms with E-state index in [1.54, 1.807) is 0 Å². The summed E-state index contributed by atoms with van der Waals surface area (Å²) in [5.41, 5.74) is 1.31. The Morgan fingerprint density at radius 3 is 2.71 bits per heavy atom. The van der Waals surface area contributed by atoms with Gasteiger partial charge in [-0.15, -0.1) is 0 Å². The molecule has 14 heavy (non-hydrogen) atoms. The van der Waals surface area contributed by atoms with Crippen LogP contribution in [0.2, 0.25) is 0 Å². The first-order chi connectivity index (χ1) is 6.84. The summed E-state index contributed by atoms with van der Waals surface area (Å²) in [6.07, 6.45) is 13.1. The van der Waals surface area contributed by atoms with Crippen molar-refractivity contribution in [2.45, 2.75) is 70.8 Å². The van der Waals surface area contributed by atoms with E-state index >= 15 is 0 Å². The van der Waals surface area contributed by atoms with Gasteiger partial charge in [-0.05, 0) is 31.3 Å². The molecule has 0 saturated heterocycles. The highest BCUT2D eigenvalue weighted by Gasteiger charge is 2.13. The summed E-state index contributed by atoms with van der Waals surface area (Å²) in [5.74, 6) is 0. The zero-order chi connectivity index (χ0) is 10.2. The second-order valence-electron chi connectivity index (χ2n) is 4.39. The highest BCUT2D eigenvalue weighted by Crippen LogP contribution is 2.23. The topological polar surface area (TPSA) is 20.2 Å². The fraction of sp³-hybridized carbons (Fsp3) is 0.846. The van der Waals surface area contributed by atoms with Crippen LogP contribution in [0.25, 0.3) is 0 Å². The minimum atomic E-state index is -0.126. The van der Waals surface area contributed by atoms with Crippen LogP contribution in [0.5, 0.6) is 0 Å². The summed E-state index contributed by atoms with van der Waals surface area (Å²) in [6, 6.07) is 0. The Labute approximate surface area is 88.2 Å². The van der Waals surface area contributed by atoms with E-state index in [4.69, 9.17) is 0 Å². The lowest BCUT2D eigenvalue weighted by molar-refractivity contribution is 0.193. The highest BCUT2D eigenvalue weighted by atomic mass is 16.3. The molecule has 0 aromatic carbocycles. The SMILES string of the molecule is CCCCCCCC(O)C1=CCCC1. The number of unbranched alkanes of at least 4 members (excludes halogenated alkanes) is 4. The van der Waals surface area contributed by atoms with Gasteiger partial charge in [-0.2, -0.15) is 0 Å². The molecule has 1 N–H and O–H groups in total. The molecule has 0 fully saturated rings. The van der Waals surface area contributed by atoms with E-state index in [9.17, 15) is 5.11 Å². The largest absolute Gasteiger partial charge is 0.389 e. The highest BCUT2D eigenvalue weighted by molar-refractivity contribution is 5.12. The van der Waals surface area contributed by atoms with Gasteiger partial charge in [0, 0.05) is 0 Å². The van der Waals surface area contributed by atoms with Gasteiger partial charge in [0.15, 0.2) is 0 Å². The van der Waals surface area contributed by atoms with E-state index in [-0.39, 0.29) is 6.10 Å². The van der Waals surface area contributed by atoms with Crippen LogP contribution in [0.15, 0.2) is 11.6 Å². The molecule has 0 aromatic heterocycles. The molecule has 0 amide bonds. The summed E-state index contributed by atoms with van der Waals surface area (Å²) in [5, 5.41) is 9.84. The van der Waals surface area contributed by atoms with E-state index in [0.717, 1.165) is 12.8 Å². The van der Waals surface area contributed by atoms with Crippen molar-refractivity contribution in [3.63, 3.8) is 0 Å². The van der Waals surface area contributed by atoms with E-state index in [2.05, 4.69) is 13.0 Å². The predicted molar refractivity (Wildman–Crippen MR) is 61.3 cm³/mol. The average Bonchev–Trinajstić information content (AvgIpc) is 2.70. The molecule has 1 rings (SSSR count). The van der Waals surface area contributed by atoms with Gasteiger partial charge in [0.1, 0.15) is 0 Å². The van der Waals surface area contributed by atoms with Gasteiger partial charge in [0.05, 0.1) is 6.10 Å². The first-order valence-corrected chi connectivity index (χ1v) is 6.21. The van der Waals surface area contributed by atoms with E-state index < -0.39 is 0 Å². The molecule has 1 aliphatic carbocycles. The standard InChI is InChI=1S/C13H24O/c1-2-3-4-5-6-11-13(14)12-9-7-8-10-12/h9,13-14H,2-8,10-11H2,1H3. The molecule has 0 aliphatic heterocycles. The van der Waals surface area contributed by atoms with Crippen LogP contribution >= 0.6 is 0 Å². The molecule has 1 heteroatoms. The first-order valence-electron chi connectivity index (χ1n) is 6.21. The van der Waals surface area contributed by atoms with Crippen molar-refractivity contribution in [2.75, 3.05) is 0 Å². The molecule has 0 bridgehead atoms. The number of rotatable bonds is 7. The summed E-state index contributed by atoms with van der Waals surface area (Å²) >= 11 is 0. The van der Waals surface area contributed by atoms with Crippen molar-refractivity contribution in [3.8, 4) is 0 Å². The Bertz CT molecular complexity index is 172. The number of allylic oxidation sites excluding steroid dienone is 1. The van der Waals surface area contributed by atoms with Crippen LogP contribution in [0.1, 0.15) is 64.7 Å². The summed E-state index contributed by atoms with van der Waals surface area (Å²) in [7, 11) is 0. The third kappa shape index (κ3) is 4.28. The third-order valence-corrected chi connectivity index (χ3v) is 3.09. The fourth-order valence-electron chi connectivity index (χ4n) is 2.12. The first kappa shape index (κ1) is 11.8. The second kappa shape index (κ2) is 7.05. The van der Waals surface area contributed by atoms with Crippen LogP contribution in [-0.4, -0.2) is 11.2 Å². The lowest BCUT2D eigenvalue weighted by Crippen LogP contribution is -2.08. The van der Waals surface area contributed by atoms with Crippen LogP contribution in [0, 0.1) is 0 Å². The summed E-state index contributed by atoms with van der Waals surface area (Å²) in [6.45, 7) is 2.23.